The molecule has 1 amide bonds. The van der Waals surface area contributed by atoms with Crippen LogP contribution in [0.5, 0.6) is 0 Å². The van der Waals surface area contributed by atoms with Gasteiger partial charge in [0, 0.05) is 5.38 Å². The van der Waals surface area contributed by atoms with Crippen molar-refractivity contribution in [2.45, 2.75) is 13.0 Å². The van der Waals surface area contributed by atoms with Crippen LogP contribution in [-0.2, 0) is 0 Å². The van der Waals surface area contributed by atoms with E-state index >= 15 is 0 Å². The predicted molar refractivity (Wildman–Crippen MR) is 61.3 cm³/mol. The van der Waals surface area contributed by atoms with Gasteiger partial charge in [-0.2, -0.15) is 15.4 Å². The topological polar surface area (TPSA) is 121 Å². The van der Waals surface area contributed by atoms with E-state index in [0.717, 1.165) is 0 Å². The molecule has 2 rings (SSSR count). The maximum Gasteiger partial charge on any atom is 0.355 e. The number of H-pyrrole nitrogens is 1. The number of thiazole rings is 1. The van der Waals surface area contributed by atoms with Gasteiger partial charge in [-0.1, -0.05) is 0 Å². The number of nitrogens with zero attached hydrogens (tertiary/aromatic N) is 3. The van der Waals surface area contributed by atoms with E-state index < -0.39 is 17.9 Å². The van der Waals surface area contributed by atoms with Gasteiger partial charge in [0.1, 0.15) is 5.01 Å². The van der Waals surface area contributed by atoms with E-state index in [4.69, 9.17) is 5.11 Å². The first-order valence-electron chi connectivity index (χ1n) is 4.93. The Morgan fingerprint density at radius 2 is 2.28 bits per heavy atom. The van der Waals surface area contributed by atoms with Crippen molar-refractivity contribution in [3.8, 4) is 0 Å². The highest BCUT2D eigenvalue weighted by molar-refractivity contribution is 7.09. The SMILES string of the molecule is CC(NC(=O)c1cn[nH]n1)c1nc(C(=O)O)cs1. The molecular weight excluding hydrogens is 258 g/mol. The third-order valence-electron chi connectivity index (χ3n) is 2.11. The van der Waals surface area contributed by atoms with Crippen LogP contribution in [-0.4, -0.2) is 37.4 Å². The molecular formula is C9H9N5O3S. The second-order valence-electron chi connectivity index (χ2n) is 3.43. The lowest BCUT2D eigenvalue weighted by Gasteiger charge is -2.09. The van der Waals surface area contributed by atoms with E-state index in [1.165, 1.54) is 22.9 Å². The normalized spacial score (nSPS) is 12.1. The number of carbonyl (C=O) groups excluding carboxylic acids is 1. The molecule has 0 aromatic carbocycles. The van der Waals surface area contributed by atoms with Gasteiger partial charge in [0.25, 0.3) is 5.91 Å². The second-order valence-corrected chi connectivity index (χ2v) is 4.32. The molecule has 1 unspecified atom stereocenters. The smallest absolute Gasteiger partial charge is 0.355 e. The van der Waals surface area contributed by atoms with Gasteiger partial charge in [-0.15, -0.1) is 11.3 Å². The highest BCUT2D eigenvalue weighted by Gasteiger charge is 2.17. The summed E-state index contributed by atoms with van der Waals surface area (Å²) in [7, 11) is 0. The minimum absolute atomic E-state index is 0.0301. The van der Waals surface area contributed by atoms with Crippen molar-refractivity contribution < 1.29 is 14.7 Å². The molecule has 0 fully saturated rings. The molecule has 2 aromatic heterocycles. The van der Waals surface area contributed by atoms with E-state index in [9.17, 15) is 9.59 Å². The molecule has 0 bridgehead atoms. The Balaban J connectivity index is 2.05. The molecule has 9 heteroatoms. The Kier molecular flexibility index (Phi) is 3.33. The fourth-order valence-corrected chi connectivity index (χ4v) is 2.03. The highest BCUT2D eigenvalue weighted by Crippen LogP contribution is 2.18. The van der Waals surface area contributed by atoms with Crippen LogP contribution in [0.1, 0.15) is 39.0 Å². The quantitative estimate of drug-likeness (QED) is 0.739. The van der Waals surface area contributed by atoms with Gasteiger partial charge in [-0.25, -0.2) is 9.78 Å². The van der Waals surface area contributed by atoms with Gasteiger partial charge in [-0.05, 0) is 6.92 Å². The van der Waals surface area contributed by atoms with Crippen molar-refractivity contribution in [2.24, 2.45) is 0 Å². The zero-order chi connectivity index (χ0) is 13.1. The number of hydrogen-bond donors (Lipinski definition) is 3. The van der Waals surface area contributed by atoms with Crippen molar-refractivity contribution in [3.05, 3.63) is 28.0 Å². The van der Waals surface area contributed by atoms with E-state index in [2.05, 4.69) is 25.7 Å². The summed E-state index contributed by atoms with van der Waals surface area (Å²) in [6.07, 6.45) is 1.30. The number of aromatic amines is 1. The van der Waals surface area contributed by atoms with E-state index in [1.807, 2.05) is 0 Å². The molecule has 0 radical (unpaired) electrons. The van der Waals surface area contributed by atoms with Crippen LogP contribution in [0.2, 0.25) is 0 Å². The van der Waals surface area contributed by atoms with Crippen LogP contribution in [0.3, 0.4) is 0 Å². The molecule has 2 aromatic rings. The average molecular weight is 267 g/mol. The monoisotopic (exact) mass is 267 g/mol. The molecule has 18 heavy (non-hydrogen) atoms. The summed E-state index contributed by atoms with van der Waals surface area (Å²) in [4.78, 5) is 26.2. The molecule has 0 aliphatic rings. The molecule has 0 spiro atoms. The lowest BCUT2D eigenvalue weighted by atomic mass is 10.3. The second kappa shape index (κ2) is 4.92. The van der Waals surface area contributed by atoms with Gasteiger partial charge in [0.05, 0.1) is 12.2 Å². The summed E-state index contributed by atoms with van der Waals surface area (Å²) in [6.45, 7) is 1.71. The third kappa shape index (κ3) is 2.51. The number of amides is 1. The first-order chi connectivity index (χ1) is 8.58. The summed E-state index contributed by atoms with van der Waals surface area (Å²) in [5.41, 5.74) is 0.134. The number of nitrogens with one attached hydrogen (secondary N) is 2. The minimum Gasteiger partial charge on any atom is -0.476 e. The Labute approximate surface area is 105 Å². The first kappa shape index (κ1) is 12.2. The number of rotatable bonds is 4. The average Bonchev–Trinajstić information content (AvgIpc) is 3.00. The van der Waals surface area contributed by atoms with Crippen molar-refractivity contribution >= 4 is 23.2 Å². The van der Waals surface area contributed by atoms with Gasteiger partial charge < -0.3 is 10.4 Å². The van der Waals surface area contributed by atoms with Crippen LogP contribution in [0.15, 0.2) is 11.6 Å². The number of carbonyl (C=O) groups is 2. The Morgan fingerprint density at radius 3 is 2.83 bits per heavy atom. The summed E-state index contributed by atoms with van der Waals surface area (Å²) in [5, 5.41) is 22.8. The van der Waals surface area contributed by atoms with E-state index in [1.54, 1.807) is 6.92 Å². The van der Waals surface area contributed by atoms with Crippen molar-refractivity contribution in [2.75, 3.05) is 0 Å². The molecule has 0 saturated heterocycles. The lowest BCUT2D eigenvalue weighted by molar-refractivity contribution is 0.0691. The molecule has 0 aliphatic carbocycles. The van der Waals surface area contributed by atoms with Gasteiger partial charge in [0.2, 0.25) is 0 Å². The van der Waals surface area contributed by atoms with E-state index in [-0.39, 0.29) is 11.4 Å². The largest absolute Gasteiger partial charge is 0.476 e. The maximum atomic E-state index is 11.7. The van der Waals surface area contributed by atoms with Crippen LogP contribution < -0.4 is 5.32 Å². The molecule has 1 atom stereocenters. The van der Waals surface area contributed by atoms with Crippen LogP contribution in [0.4, 0.5) is 0 Å². The molecule has 0 saturated carbocycles. The fraction of sp³-hybridized carbons (Fsp3) is 0.222. The Morgan fingerprint density at radius 1 is 1.50 bits per heavy atom. The number of aromatic nitrogens is 4. The minimum atomic E-state index is -1.09. The molecule has 3 N–H and O–H groups in total. The van der Waals surface area contributed by atoms with Gasteiger partial charge in [0.15, 0.2) is 11.4 Å². The number of aromatic carboxylic acids is 1. The number of carboxylic acid groups (broad SMARTS) is 1. The standard InChI is InChI=1S/C9H9N5O3S/c1-4(8-12-6(3-18-8)9(16)17)11-7(15)5-2-10-14-13-5/h2-4H,1H3,(H,11,15)(H,16,17)(H,10,13,14). The summed E-state index contributed by atoms with van der Waals surface area (Å²) in [5.74, 6) is -1.49. The lowest BCUT2D eigenvalue weighted by Crippen LogP contribution is -2.27. The van der Waals surface area contributed by atoms with Crippen molar-refractivity contribution in [1.29, 1.82) is 0 Å². The zero-order valence-corrected chi connectivity index (χ0v) is 10.1. The van der Waals surface area contributed by atoms with Crippen molar-refractivity contribution in [1.82, 2.24) is 25.7 Å². The Bertz CT molecular complexity index is 565. The zero-order valence-electron chi connectivity index (χ0n) is 9.25. The van der Waals surface area contributed by atoms with E-state index in [0.29, 0.717) is 5.01 Å². The molecule has 8 nitrogen and oxygen atoms in total. The number of carboxylic acids is 1. The molecule has 94 valence electrons. The highest BCUT2D eigenvalue weighted by atomic mass is 32.1. The summed E-state index contributed by atoms with van der Waals surface area (Å²) in [6, 6.07) is -0.396. The van der Waals surface area contributed by atoms with Crippen LogP contribution in [0.25, 0.3) is 0 Å². The molecule has 0 aliphatic heterocycles. The van der Waals surface area contributed by atoms with Crippen LogP contribution in [0, 0.1) is 0 Å². The first-order valence-corrected chi connectivity index (χ1v) is 5.81. The predicted octanol–water partition coefficient (Wildman–Crippen LogP) is 0.450. The summed E-state index contributed by atoms with van der Waals surface area (Å²) >= 11 is 1.17. The maximum absolute atomic E-state index is 11.7. The van der Waals surface area contributed by atoms with Crippen LogP contribution >= 0.6 is 11.3 Å². The Hall–Kier alpha value is -2.29. The third-order valence-corrected chi connectivity index (χ3v) is 3.13. The summed E-state index contributed by atoms with van der Waals surface area (Å²) < 4.78 is 0. The van der Waals surface area contributed by atoms with Gasteiger partial charge in [-0.3, -0.25) is 4.79 Å². The fourth-order valence-electron chi connectivity index (χ4n) is 1.23. The van der Waals surface area contributed by atoms with Gasteiger partial charge >= 0.3 is 5.97 Å². The molecule has 2 heterocycles. The number of hydrogen-bond acceptors (Lipinski definition) is 6. The van der Waals surface area contributed by atoms with Crippen molar-refractivity contribution in [3.63, 3.8) is 0 Å².